The first-order valence-corrected chi connectivity index (χ1v) is 7.83. The molecule has 98 valence electrons. The summed E-state index contributed by atoms with van der Waals surface area (Å²) in [6.07, 6.45) is 0.707. The molecule has 0 atom stereocenters. The van der Waals surface area contributed by atoms with Crippen molar-refractivity contribution in [2.45, 2.75) is 37.0 Å². The van der Waals surface area contributed by atoms with Gasteiger partial charge in [-0.2, -0.15) is 0 Å². The van der Waals surface area contributed by atoms with E-state index in [9.17, 15) is 8.42 Å². The van der Waals surface area contributed by atoms with Gasteiger partial charge in [0.1, 0.15) is 0 Å². The highest BCUT2D eigenvalue weighted by Gasteiger charge is 2.31. The molecule has 2 aromatic rings. The molecule has 1 aliphatic rings. The zero-order valence-corrected chi connectivity index (χ0v) is 12.1. The summed E-state index contributed by atoms with van der Waals surface area (Å²) in [7, 11) is -3.37. The molecule has 19 heavy (non-hydrogen) atoms. The van der Waals surface area contributed by atoms with Crippen LogP contribution in [0.3, 0.4) is 0 Å². The Morgan fingerprint density at radius 3 is 2.47 bits per heavy atom. The van der Waals surface area contributed by atoms with E-state index in [-0.39, 0.29) is 0 Å². The fourth-order valence-corrected chi connectivity index (χ4v) is 5.01. The van der Waals surface area contributed by atoms with Gasteiger partial charge in [-0.15, -0.1) is 0 Å². The van der Waals surface area contributed by atoms with Crippen LogP contribution in [0, 0.1) is 20.8 Å². The lowest BCUT2D eigenvalue weighted by Crippen LogP contribution is -2.17. The van der Waals surface area contributed by atoms with Crippen molar-refractivity contribution >= 4 is 9.84 Å². The molecule has 1 heterocycles. The summed E-state index contributed by atoms with van der Waals surface area (Å²) < 4.78 is 25.6. The summed E-state index contributed by atoms with van der Waals surface area (Å²) in [5.41, 5.74) is 4.89. The average molecular weight is 272 g/mol. The van der Waals surface area contributed by atoms with E-state index in [4.69, 9.17) is 0 Å². The minimum atomic E-state index is -3.37. The maximum absolute atomic E-state index is 12.8. The summed E-state index contributed by atoms with van der Waals surface area (Å²) >= 11 is 0. The van der Waals surface area contributed by atoms with Gasteiger partial charge in [0.2, 0.25) is 9.84 Å². The molecule has 0 bridgehead atoms. The summed E-state index contributed by atoms with van der Waals surface area (Å²) in [6.45, 7) is 5.86. The molecule has 0 amide bonds. The smallest absolute Gasteiger partial charge is 0.207 e. The number of aryl methyl sites for hydroxylation is 3. The molecule has 0 spiro atoms. The van der Waals surface area contributed by atoms with Crippen LogP contribution in [0.1, 0.15) is 27.8 Å². The quantitative estimate of drug-likeness (QED) is 0.629. The van der Waals surface area contributed by atoms with Crippen molar-refractivity contribution in [3.63, 3.8) is 0 Å². The van der Waals surface area contributed by atoms with Crippen molar-refractivity contribution in [2.75, 3.05) is 0 Å². The molecule has 0 N–H and O–H groups in total. The summed E-state index contributed by atoms with van der Waals surface area (Å²) in [5.74, 6) is 0. The molecule has 0 fully saturated rings. The maximum atomic E-state index is 12.8. The molecule has 2 aromatic carbocycles. The molecular formula is C16H16O2S. The van der Waals surface area contributed by atoms with E-state index in [2.05, 4.69) is 0 Å². The Hall–Kier alpha value is -1.61. The lowest BCUT2D eigenvalue weighted by molar-refractivity contribution is 0.590. The molecule has 0 saturated heterocycles. The third kappa shape index (κ3) is 1.72. The van der Waals surface area contributed by atoms with E-state index in [1.807, 2.05) is 45.0 Å². The molecule has 0 aromatic heterocycles. The SMILES string of the molecule is Cc1cc(C)c2c(c1)Cc1c(C)cccc1S2(=O)=O. The van der Waals surface area contributed by atoms with Crippen molar-refractivity contribution in [1.82, 2.24) is 0 Å². The van der Waals surface area contributed by atoms with Crippen LogP contribution in [-0.4, -0.2) is 8.42 Å². The Labute approximate surface area is 114 Å². The molecule has 3 rings (SSSR count). The number of sulfone groups is 1. The third-order valence-corrected chi connectivity index (χ3v) is 5.87. The van der Waals surface area contributed by atoms with Crippen LogP contribution in [0.5, 0.6) is 0 Å². The number of fused-ring (bicyclic) bond motifs is 2. The van der Waals surface area contributed by atoms with Crippen LogP contribution < -0.4 is 0 Å². The monoisotopic (exact) mass is 272 g/mol. The van der Waals surface area contributed by atoms with Crippen molar-refractivity contribution in [1.29, 1.82) is 0 Å². The summed E-state index contributed by atoms with van der Waals surface area (Å²) in [4.78, 5) is 0.989. The van der Waals surface area contributed by atoms with Gasteiger partial charge in [0, 0.05) is 6.42 Å². The topological polar surface area (TPSA) is 34.1 Å². The predicted octanol–water partition coefficient (Wildman–Crippen LogP) is 3.35. The molecular weight excluding hydrogens is 256 g/mol. The van der Waals surface area contributed by atoms with Gasteiger partial charge < -0.3 is 0 Å². The first kappa shape index (κ1) is 12.4. The van der Waals surface area contributed by atoms with Crippen LogP contribution in [0.2, 0.25) is 0 Å². The fraction of sp³-hybridized carbons (Fsp3) is 0.250. The molecule has 1 aliphatic heterocycles. The maximum Gasteiger partial charge on any atom is 0.207 e. The first-order valence-electron chi connectivity index (χ1n) is 6.35. The average Bonchev–Trinajstić information content (AvgIpc) is 2.29. The second-order valence-corrected chi connectivity index (χ2v) is 7.16. The largest absolute Gasteiger partial charge is 0.218 e. The van der Waals surface area contributed by atoms with Crippen molar-refractivity contribution in [3.05, 3.63) is 58.1 Å². The van der Waals surface area contributed by atoms with Crippen molar-refractivity contribution < 1.29 is 8.42 Å². The minimum absolute atomic E-state index is 0.479. The van der Waals surface area contributed by atoms with E-state index < -0.39 is 9.84 Å². The lowest BCUT2D eigenvalue weighted by Gasteiger charge is -2.23. The molecule has 0 saturated carbocycles. The van der Waals surface area contributed by atoms with Gasteiger partial charge >= 0.3 is 0 Å². The van der Waals surface area contributed by atoms with E-state index in [0.29, 0.717) is 16.2 Å². The highest BCUT2D eigenvalue weighted by molar-refractivity contribution is 7.91. The Kier molecular flexibility index (Phi) is 2.58. The standard InChI is InChI=1S/C16H16O2S/c1-10-7-12(3)16-13(8-10)9-14-11(2)5-4-6-15(14)19(16,17)18/h4-8H,9H2,1-3H3. The number of rotatable bonds is 0. The molecule has 0 aliphatic carbocycles. The van der Waals surface area contributed by atoms with E-state index in [1.54, 1.807) is 6.07 Å². The summed E-state index contributed by atoms with van der Waals surface area (Å²) in [5, 5.41) is 0. The van der Waals surface area contributed by atoms with Gasteiger partial charge in [0.25, 0.3) is 0 Å². The van der Waals surface area contributed by atoms with Crippen LogP contribution in [0.25, 0.3) is 0 Å². The van der Waals surface area contributed by atoms with Gasteiger partial charge in [-0.05, 0) is 49.1 Å². The number of hydrogen-bond donors (Lipinski definition) is 0. The van der Waals surface area contributed by atoms with Gasteiger partial charge in [0.05, 0.1) is 9.79 Å². The molecule has 2 nitrogen and oxygen atoms in total. The Balaban J connectivity index is 2.41. The van der Waals surface area contributed by atoms with Crippen LogP contribution in [0.4, 0.5) is 0 Å². The zero-order valence-electron chi connectivity index (χ0n) is 11.3. The van der Waals surface area contributed by atoms with Crippen LogP contribution in [0.15, 0.2) is 40.1 Å². The van der Waals surface area contributed by atoms with Gasteiger partial charge in [-0.25, -0.2) is 8.42 Å². The predicted molar refractivity (Wildman–Crippen MR) is 75.4 cm³/mol. The Morgan fingerprint density at radius 1 is 1.00 bits per heavy atom. The Morgan fingerprint density at radius 2 is 1.74 bits per heavy atom. The zero-order chi connectivity index (χ0) is 13.8. The molecule has 3 heteroatoms. The second kappa shape index (κ2) is 3.94. The highest BCUT2D eigenvalue weighted by Crippen LogP contribution is 2.37. The normalized spacial score (nSPS) is 15.7. The van der Waals surface area contributed by atoms with Gasteiger partial charge in [-0.1, -0.05) is 29.8 Å². The number of benzene rings is 2. The van der Waals surface area contributed by atoms with Gasteiger partial charge in [-0.3, -0.25) is 0 Å². The first-order chi connectivity index (χ1) is 8.91. The molecule has 0 unspecified atom stereocenters. The van der Waals surface area contributed by atoms with E-state index in [0.717, 1.165) is 27.8 Å². The van der Waals surface area contributed by atoms with Crippen LogP contribution in [-0.2, 0) is 16.3 Å². The second-order valence-electron chi connectivity index (χ2n) is 5.30. The molecule has 0 radical (unpaired) electrons. The van der Waals surface area contributed by atoms with Crippen LogP contribution >= 0.6 is 0 Å². The van der Waals surface area contributed by atoms with E-state index in [1.165, 1.54) is 0 Å². The third-order valence-electron chi connectivity index (χ3n) is 3.79. The van der Waals surface area contributed by atoms with E-state index >= 15 is 0 Å². The van der Waals surface area contributed by atoms with Gasteiger partial charge in [0.15, 0.2) is 0 Å². The Bertz CT molecular complexity index is 787. The minimum Gasteiger partial charge on any atom is -0.218 e. The number of hydrogen-bond acceptors (Lipinski definition) is 2. The lowest BCUT2D eigenvalue weighted by atomic mass is 9.97. The van der Waals surface area contributed by atoms with Crippen molar-refractivity contribution in [2.24, 2.45) is 0 Å². The highest BCUT2D eigenvalue weighted by atomic mass is 32.2. The van der Waals surface area contributed by atoms with Crippen molar-refractivity contribution in [3.8, 4) is 0 Å². The fourth-order valence-electron chi connectivity index (χ4n) is 3.01. The summed E-state index contributed by atoms with van der Waals surface area (Å²) in [6, 6.07) is 9.45.